The van der Waals surface area contributed by atoms with Crippen LogP contribution >= 0.6 is 0 Å². The number of hydrogen-bond donors (Lipinski definition) is 2. The van der Waals surface area contributed by atoms with Crippen LogP contribution in [-0.2, 0) is 9.53 Å². The Kier molecular flexibility index (Phi) is 1.92. The minimum absolute atomic E-state index is 0.137. The zero-order chi connectivity index (χ0) is 7.72. The van der Waals surface area contributed by atoms with E-state index in [0.717, 1.165) is 0 Å². The van der Waals surface area contributed by atoms with Crippen LogP contribution in [-0.4, -0.2) is 35.0 Å². The number of rotatable bonds is 1. The molecule has 0 unspecified atom stereocenters. The van der Waals surface area contributed by atoms with Gasteiger partial charge in [0.2, 0.25) is 0 Å². The number of ether oxygens (including phenoxy) is 1. The Morgan fingerprint density at radius 3 is 2.50 bits per heavy atom. The maximum Gasteiger partial charge on any atom is 0.311 e. The molecule has 0 saturated carbocycles. The molecular formula is C6H10O4. The van der Waals surface area contributed by atoms with E-state index in [2.05, 4.69) is 0 Å². The van der Waals surface area contributed by atoms with E-state index in [1.807, 2.05) is 0 Å². The molecule has 4 heteroatoms. The van der Waals surface area contributed by atoms with Crippen LogP contribution < -0.4 is 0 Å². The first-order valence-electron chi connectivity index (χ1n) is 3.15. The van der Waals surface area contributed by atoms with Gasteiger partial charge >= 0.3 is 5.97 Å². The lowest BCUT2D eigenvalue weighted by atomic mass is 10.0. The Balaban J connectivity index is 2.63. The highest BCUT2D eigenvalue weighted by Crippen LogP contribution is 2.20. The van der Waals surface area contributed by atoms with Crippen molar-refractivity contribution in [2.45, 2.75) is 19.1 Å². The zero-order valence-electron chi connectivity index (χ0n) is 5.65. The SMILES string of the molecule is C[C@@H]1OC[C@H](O)[C@@H]1C(=O)O. The number of aliphatic hydroxyl groups excluding tert-OH is 1. The van der Waals surface area contributed by atoms with Gasteiger partial charge in [0, 0.05) is 0 Å². The van der Waals surface area contributed by atoms with Crippen molar-refractivity contribution < 1.29 is 19.7 Å². The van der Waals surface area contributed by atoms with Crippen LogP contribution in [0.25, 0.3) is 0 Å². The summed E-state index contributed by atoms with van der Waals surface area (Å²) in [4.78, 5) is 10.4. The third-order valence-electron chi connectivity index (χ3n) is 1.74. The number of aliphatic carboxylic acids is 1. The van der Waals surface area contributed by atoms with Gasteiger partial charge in [0.05, 0.1) is 18.8 Å². The van der Waals surface area contributed by atoms with Crippen molar-refractivity contribution in [2.75, 3.05) is 6.61 Å². The van der Waals surface area contributed by atoms with Crippen molar-refractivity contribution in [3.05, 3.63) is 0 Å². The van der Waals surface area contributed by atoms with Crippen molar-refractivity contribution in [1.82, 2.24) is 0 Å². The molecule has 1 aliphatic rings. The highest BCUT2D eigenvalue weighted by Gasteiger charge is 2.38. The molecule has 58 valence electrons. The van der Waals surface area contributed by atoms with Gasteiger partial charge in [-0.3, -0.25) is 4.79 Å². The molecule has 1 rings (SSSR count). The van der Waals surface area contributed by atoms with Crippen LogP contribution in [0.2, 0.25) is 0 Å². The Morgan fingerprint density at radius 1 is 1.70 bits per heavy atom. The van der Waals surface area contributed by atoms with E-state index in [-0.39, 0.29) is 12.7 Å². The predicted octanol–water partition coefficient (Wildman–Crippen LogP) is -0.533. The van der Waals surface area contributed by atoms with Gasteiger partial charge in [0.25, 0.3) is 0 Å². The summed E-state index contributed by atoms with van der Waals surface area (Å²) in [6.45, 7) is 1.78. The fraction of sp³-hybridized carbons (Fsp3) is 0.833. The maximum atomic E-state index is 10.4. The molecule has 0 amide bonds. The van der Waals surface area contributed by atoms with Gasteiger partial charge in [0.15, 0.2) is 0 Å². The van der Waals surface area contributed by atoms with E-state index >= 15 is 0 Å². The summed E-state index contributed by atoms with van der Waals surface area (Å²) in [5, 5.41) is 17.5. The topological polar surface area (TPSA) is 66.8 Å². The van der Waals surface area contributed by atoms with E-state index in [1.54, 1.807) is 6.92 Å². The molecular weight excluding hydrogens is 136 g/mol. The summed E-state index contributed by atoms with van der Waals surface area (Å²) < 4.78 is 4.91. The van der Waals surface area contributed by atoms with Gasteiger partial charge in [-0.2, -0.15) is 0 Å². The number of aliphatic hydroxyl groups is 1. The van der Waals surface area contributed by atoms with Crippen LogP contribution in [0.1, 0.15) is 6.92 Å². The zero-order valence-corrected chi connectivity index (χ0v) is 5.65. The predicted molar refractivity (Wildman–Crippen MR) is 32.5 cm³/mol. The van der Waals surface area contributed by atoms with Crippen molar-refractivity contribution in [2.24, 2.45) is 5.92 Å². The standard InChI is InChI=1S/C6H10O4/c1-3-5(6(8)9)4(7)2-10-3/h3-5,7H,2H2,1H3,(H,8,9)/t3-,4-,5+/m0/s1. The van der Waals surface area contributed by atoms with E-state index in [4.69, 9.17) is 14.9 Å². The molecule has 0 aromatic heterocycles. The maximum absolute atomic E-state index is 10.4. The smallest absolute Gasteiger partial charge is 0.311 e. The summed E-state index contributed by atoms with van der Waals surface area (Å²) in [7, 11) is 0. The minimum Gasteiger partial charge on any atom is -0.481 e. The van der Waals surface area contributed by atoms with Crippen LogP contribution in [0.3, 0.4) is 0 Å². The van der Waals surface area contributed by atoms with Crippen molar-refractivity contribution in [1.29, 1.82) is 0 Å². The summed E-state index contributed by atoms with van der Waals surface area (Å²) in [6, 6.07) is 0. The number of carboxylic acids is 1. The molecule has 0 aliphatic carbocycles. The second-order valence-corrected chi connectivity index (χ2v) is 2.47. The quantitative estimate of drug-likeness (QED) is 0.521. The van der Waals surface area contributed by atoms with E-state index in [9.17, 15) is 4.79 Å². The van der Waals surface area contributed by atoms with E-state index in [1.165, 1.54) is 0 Å². The molecule has 1 aliphatic heterocycles. The first kappa shape index (κ1) is 7.50. The molecule has 10 heavy (non-hydrogen) atoms. The normalized spacial score (nSPS) is 40.0. The Morgan fingerprint density at radius 2 is 2.30 bits per heavy atom. The number of carbonyl (C=O) groups is 1. The average Bonchev–Trinajstić information content (AvgIpc) is 2.11. The van der Waals surface area contributed by atoms with Crippen LogP contribution in [0.5, 0.6) is 0 Å². The highest BCUT2D eigenvalue weighted by atomic mass is 16.5. The summed E-state index contributed by atoms with van der Waals surface area (Å²) in [5.74, 6) is -1.74. The lowest BCUT2D eigenvalue weighted by molar-refractivity contribution is -0.145. The Bertz CT molecular complexity index is 135. The second-order valence-electron chi connectivity index (χ2n) is 2.47. The van der Waals surface area contributed by atoms with Crippen LogP contribution in [0.4, 0.5) is 0 Å². The van der Waals surface area contributed by atoms with E-state index in [0.29, 0.717) is 0 Å². The van der Waals surface area contributed by atoms with Gasteiger partial charge in [-0.15, -0.1) is 0 Å². The Hall–Kier alpha value is -0.610. The summed E-state index contributed by atoms with van der Waals surface area (Å²) in [6.07, 6.45) is -1.21. The molecule has 1 saturated heterocycles. The van der Waals surface area contributed by atoms with Crippen LogP contribution in [0.15, 0.2) is 0 Å². The molecule has 0 spiro atoms. The third-order valence-corrected chi connectivity index (χ3v) is 1.74. The summed E-state index contributed by atoms with van der Waals surface area (Å²) >= 11 is 0. The van der Waals surface area contributed by atoms with Crippen molar-refractivity contribution in [3.8, 4) is 0 Å². The lowest BCUT2D eigenvalue weighted by Gasteiger charge is -2.09. The van der Waals surface area contributed by atoms with Gasteiger partial charge < -0.3 is 14.9 Å². The van der Waals surface area contributed by atoms with Gasteiger partial charge in [-0.25, -0.2) is 0 Å². The molecule has 0 aromatic rings. The fourth-order valence-electron chi connectivity index (χ4n) is 1.14. The molecule has 1 fully saturated rings. The molecule has 0 radical (unpaired) electrons. The van der Waals surface area contributed by atoms with Gasteiger partial charge in [0.1, 0.15) is 5.92 Å². The molecule has 2 N–H and O–H groups in total. The molecule has 1 heterocycles. The minimum atomic E-state index is -0.988. The lowest BCUT2D eigenvalue weighted by Crippen LogP contribution is -2.30. The molecule has 4 nitrogen and oxygen atoms in total. The largest absolute Gasteiger partial charge is 0.481 e. The first-order valence-corrected chi connectivity index (χ1v) is 3.15. The Labute approximate surface area is 58.4 Å². The van der Waals surface area contributed by atoms with Crippen molar-refractivity contribution >= 4 is 5.97 Å². The van der Waals surface area contributed by atoms with Gasteiger partial charge in [-0.1, -0.05) is 0 Å². The average molecular weight is 146 g/mol. The summed E-state index contributed by atoms with van der Waals surface area (Å²) in [5.41, 5.74) is 0. The highest BCUT2D eigenvalue weighted by molar-refractivity contribution is 5.71. The van der Waals surface area contributed by atoms with Crippen molar-refractivity contribution in [3.63, 3.8) is 0 Å². The molecule has 3 atom stereocenters. The number of carboxylic acid groups (broad SMARTS) is 1. The van der Waals surface area contributed by atoms with Gasteiger partial charge in [-0.05, 0) is 6.92 Å². The third kappa shape index (κ3) is 1.12. The molecule has 0 bridgehead atoms. The van der Waals surface area contributed by atoms with Crippen LogP contribution in [0, 0.1) is 5.92 Å². The monoisotopic (exact) mass is 146 g/mol. The second kappa shape index (κ2) is 2.56. The molecule has 0 aromatic carbocycles. The van der Waals surface area contributed by atoms with E-state index < -0.39 is 18.0 Å². The fourth-order valence-corrected chi connectivity index (χ4v) is 1.14. The first-order chi connectivity index (χ1) is 4.63. The number of hydrogen-bond acceptors (Lipinski definition) is 3.